The molecule has 0 aromatic heterocycles. The minimum absolute atomic E-state index is 0.301. The third kappa shape index (κ3) is 1.55. The van der Waals surface area contributed by atoms with Gasteiger partial charge in [0.2, 0.25) is 5.97 Å². The number of anilines is 1. The molecule has 0 saturated carbocycles. The van der Waals surface area contributed by atoms with E-state index in [2.05, 4.69) is 5.32 Å². The van der Waals surface area contributed by atoms with Gasteiger partial charge in [0, 0.05) is 12.7 Å². The molecule has 0 spiro atoms. The number of benzene rings is 1. The van der Waals surface area contributed by atoms with E-state index in [1.807, 2.05) is 0 Å². The van der Waals surface area contributed by atoms with Gasteiger partial charge in [0.05, 0.1) is 5.56 Å². The molecule has 0 bridgehead atoms. The van der Waals surface area contributed by atoms with E-state index in [-0.39, 0.29) is 0 Å². The number of hydrogen-bond donors (Lipinski definition) is 2. The minimum atomic E-state index is -0.907. The fourth-order valence-electron chi connectivity index (χ4n) is 0.893. The maximum absolute atomic E-state index is 12.4. The summed E-state index contributed by atoms with van der Waals surface area (Å²) in [6.45, 7) is 0. The molecule has 0 fully saturated rings. The molecule has 0 amide bonds. The summed E-state index contributed by atoms with van der Waals surface area (Å²) in [6.07, 6.45) is 0. The third-order valence-electron chi connectivity index (χ3n) is 1.43. The number of hydrogen-bond acceptors (Lipinski definition) is 2. The highest BCUT2D eigenvalue weighted by atomic mass is 19.1. The molecule has 0 unspecified atom stereocenters. The highest BCUT2D eigenvalue weighted by Gasteiger charge is 2.03. The van der Waals surface area contributed by atoms with Crippen molar-refractivity contribution >= 4 is 11.7 Å². The standard InChI is InChI=1S/C8H9FN2/c1-11-7-5-3-2-4-6(7)8(9)10/h2-5,10-11H,1H3. The number of nitrogens with one attached hydrogen (secondary N) is 2. The van der Waals surface area contributed by atoms with Gasteiger partial charge in [-0.25, -0.2) is 0 Å². The van der Waals surface area contributed by atoms with Crippen LogP contribution in [0.4, 0.5) is 10.1 Å². The smallest absolute Gasteiger partial charge is 0.214 e. The zero-order chi connectivity index (χ0) is 8.27. The molecule has 1 aromatic rings. The minimum Gasteiger partial charge on any atom is -0.388 e. The van der Waals surface area contributed by atoms with Gasteiger partial charge in [-0.2, -0.15) is 4.39 Å². The van der Waals surface area contributed by atoms with Crippen LogP contribution in [-0.4, -0.2) is 13.0 Å². The Morgan fingerprint density at radius 1 is 1.45 bits per heavy atom. The molecule has 0 aliphatic rings. The molecule has 0 aliphatic heterocycles. The van der Waals surface area contributed by atoms with Crippen LogP contribution >= 0.6 is 0 Å². The van der Waals surface area contributed by atoms with Crippen molar-refractivity contribution in [3.8, 4) is 0 Å². The van der Waals surface area contributed by atoms with E-state index in [9.17, 15) is 4.39 Å². The lowest BCUT2D eigenvalue weighted by Gasteiger charge is -2.03. The predicted molar refractivity (Wildman–Crippen MR) is 43.9 cm³/mol. The van der Waals surface area contributed by atoms with E-state index in [4.69, 9.17) is 5.41 Å². The topological polar surface area (TPSA) is 35.9 Å². The van der Waals surface area contributed by atoms with Crippen molar-refractivity contribution in [1.82, 2.24) is 0 Å². The molecule has 58 valence electrons. The maximum atomic E-state index is 12.4. The summed E-state index contributed by atoms with van der Waals surface area (Å²) in [5.41, 5.74) is 0.940. The average molecular weight is 152 g/mol. The van der Waals surface area contributed by atoms with Crippen molar-refractivity contribution in [3.63, 3.8) is 0 Å². The Kier molecular flexibility index (Phi) is 2.21. The van der Waals surface area contributed by atoms with E-state index < -0.39 is 5.97 Å². The summed E-state index contributed by atoms with van der Waals surface area (Å²) in [5, 5.41) is 9.57. The summed E-state index contributed by atoms with van der Waals surface area (Å²) in [7, 11) is 1.70. The number of rotatable bonds is 2. The zero-order valence-corrected chi connectivity index (χ0v) is 6.19. The lowest BCUT2D eigenvalue weighted by molar-refractivity contribution is 0.798. The van der Waals surface area contributed by atoms with Gasteiger partial charge in [-0.1, -0.05) is 12.1 Å². The first kappa shape index (κ1) is 7.72. The Morgan fingerprint density at radius 2 is 2.09 bits per heavy atom. The molecular weight excluding hydrogens is 143 g/mol. The monoisotopic (exact) mass is 152 g/mol. The highest BCUT2D eigenvalue weighted by Crippen LogP contribution is 2.14. The van der Waals surface area contributed by atoms with Crippen molar-refractivity contribution in [1.29, 1.82) is 5.41 Å². The summed E-state index contributed by atoms with van der Waals surface area (Å²) in [4.78, 5) is 0. The van der Waals surface area contributed by atoms with Crippen LogP contribution in [-0.2, 0) is 0 Å². The Balaban J connectivity index is 3.12. The highest BCUT2D eigenvalue weighted by molar-refractivity contribution is 5.96. The van der Waals surface area contributed by atoms with E-state index >= 15 is 0 Å². The Labute approximate surface area is 64.6 Å². The SMILES string of the molecule is CNc1ccccc1C(=N)F. The fourth-order valence-corrected chi connectivity index (χ4v) is 0.893. The molecule has 1 rings (SSSR count). The maximum Gasteiger partial charge on any atom is 0.214 e. The summed E-state index contributed by atoms with van der Waals surface area (Å²) < 4.78 is 12.4. The van der Waals surface area contributed by atoms with Crippen molar-refractivity contribution in [2.75, 3.05) is 12.4 Å². The van der Waals surface area contributed by atoms with Crippen molar-refractivity contribution in [2.45, 2.75) is 0 Å². The molecule has 0 heterocycles. The van der Waals surface area contributed by atoms with E-state index in [1.165, 1.54) is 0 Å². The molecule has 0 radical (unpaired) electrons. The summed E-state index contributed by atoms with van der Waals surface area (Å²) in [5.74, 6) is -0.907. The first-order chi connectivity index (χ1) is 5.25. The van der Waals surface area contributed by atoms with Crippen LogP contribution in [0.25, 0.3) is 0 Å². The van der Waals surface area contributed by atoms with Crippen LogP contribution in [0.2, 0.25) is 0 Å². The molecule has 11 heavy (non-hydrogen) atoms. The molecule has 0 saturated heterocycles. The molecular formula is C8H9FN2. The van der Waals surface area contributed by atoms with Crippen LogP contribution in [0.1, 0.15) is 5.56 Å². The second-order valence-corrected chi connectivity index (χ2v) is 2.11. The molecule has 3 heteroatoms. The summed E-state index contributed by atoms with van der Waals surface area (Å²) in [6, 6.07) is 6.78. The molecule has 2 N–H and O–H groups in total. The Morgan fingerprint density at radius 3 is 2.55 bits per heavy atom. The molecule has 1 aromatic carbocycles. The average Bonchev–Trinajstić information content (AvgIpc) is 2.04. The lowest BCUT2D eigenvalue weighted by atomic mass is 10.2. The van der Waals surface area contributed by atoms with Gasteiger partial charge in [-0.3, -0.25) is 5.41 Å². The number of para-hydroxylation sites is 1. The fraction of sp³-hybridized carbons (Fsp3) is 0.125. The van der Waals surface area contributed by atoms with Crippen LogP contribution in [0.15, 0.2) is 24.3 Å². The Bertz CT molecular complexity index is 271. The first-order valence-electron chi connectivity index (χ1n) is 3.27. The van der Waals surface area contributed by atoms with E-state index in [0.29, 0.717) is 11.3 Å². The second-order valence-electron chi connectivity index (χ2n) is 2.11. The molecule has 0 aliphatic carbocycles. The van der Waals surface area contributed by atoms with Gasteiger partial charge in [0.15, 0.2) is 0 Å². The van der Waals surface area contributed by atoms with E-state index in [1.54, 1.807) is 31.3 Å². The zero-order valence-electron chi connectivity index (χ0n) is 6.19. The van der Waals surface area contributed by atoms with Gasteiger partial charge in [-0.05, 0) is 12.1 Å². The van der Waals surface area contributed by atoms with Crippen molar-refractivity contribution in [3.05, 3.63) is 29.8 Å². The van der Waals surface area contributed by atoms with Gasteiger partial charge in [0.25, 0.3) is 0 Å². The molecule has 2 nitrogen and oxygen atoms in total. The molecule has 0 atom stereocenters. The quantitative estimate of drug-likeness (QED) is 0.625. The van der Waals surface area contributed by atoms with Gasteiger partial charge >= 0.3 is 0 Å². The van der Waals surface area contributed by atoms with Gasteiger partial charge in [0.1, 0.15) is 0 Å². The lowest BCUT2D eigenvalue weighted by Crippen LogP contribution is -1.97. The second kappa shape index (κ2) is 3.14. The summed E-state index contributed by atoms with van der Waals surface area (Å²) >= 11 is 0. The van der Waals surface area contributed by atoms with Crippen LogP contribution in [0.5, 0.6) is 0 Å². The van der Waals surface area contributed by atoms with Crippen LogP contribution in [0.3, 0.4) is 0 Å². The van der Waals surface area contributed by atoms with Gasteiger partial charge in [-0.15, -0.1) is 0 Å². The largest absolute Gasteiger partial charge is 0.388 e. The third-order valence-corrected chi connectivity index (χ3v) is 1.43. The van der Waals surface area contributed by atoms with Crippen molar-refractivity contribution in [2.24, 2.45) is 0 Å². The Hall–Kier alpha value is -1.38. The van der Waals surface area contributed by atoms with Crippen molar-refractivity contribution < 1.29 is 4.39 Å². The predicted octanol–water partition coefficient (Wildman–Crippen LogP) is 2.02. The van der Waals surface area contributed by atoms with Crippen LogP contribution < -0.4 is 5.32 Å². The van der Waals surface area contributed by atoms with E-state index in [0.717, 1.165) is 0 Å². The number of halogens is 1. The normalized spacial score (nSPS) is 9.27. The van der Waals surface area contributed by atoms with Crippen LogP contribution in [0, 0.1) is 5.41 Å². The van der Waals surface area contributed by atoms with Gasteiger partial charge < -0.3 is 5.32 Å². The first-order valence-corrected chi connectivity index (χ1v) is 3.27.